The van der Waals surface area contributed by atoms with Crippen LogP contribution >= 0.6 is 0 Å². The van der Waals surface area contributed by atoms with Crippen LogP contribution in [0.25, 0.3) is 22.1 Å². The van der Waals surface area contributed by atoms with Gasteiger partial charge in [0.15, 0.2) is 0 Å². The SMILES string of the molecule is CN(Cc1ccc(F)cc1)C(=O)Cn1cnc2c(oc3ccccc32)c1=O. The topological polar surface area (TPSA) is 68.3 Å². The monoisotopic (exact) mass is 365 g/mol. The molecule has 0 saturated carbocycles. The summed E-state index contributed by atoms with van der Waals surface area (Å²) in [5.41, 5.74) is 1.59. The number of hydrogen-bond acceptors (Lipinski definition) is 4. The summed E-state index contributed by atoms with van der Waals surface area (Å²) in [6.07, 6.45) is 1.36. The lowest BCUT2D eigenvalue weighted by molar-refractivity contribution is -0.131. The summed E-state index contributed by atoms with van der Waals surface area (Å²) >= 11 is 0. The molecule has 0 saturated heterocycles. The van der Waals surface area contributed by atoms with Crippen molar-refractivity contribution in [3.8, 4) is 0 Å². The molecule has 2 heterocycles. The van der Waals surface area contributed by atoms with Crippen molar-refractivity contribution in [3.05, 3.63) is 76.6 Å². The van der Waals surface area contributed by atoms with Gasteiger partial charge < -0.3 is 9.32 Å². The lowest BCUT2D eigenvalue weighted by atomic mass is 10.2. The van der Waals surface area contributed by atoms with Crippen LogP contribution in [-0.2, 0) is 17.9 Å². The zero-order chi connectivity index (χ0) is 19.0. The average Bonchev–Trinajstić information content (AvgIpc) is 3.05. The zero-order valence-corrected chi connectivity index (χ0v) is 14.6. The molecule has 2 aromatic heterocycles. The Morgan fingerprint density at radius 3 is 2.70 bits per heavy atom. The Bertz CT molecular complexity index is 1190. The van der Waals surface area contributed by atoms with Gasteiger partial charge in [0, 0.05) is 19.0 Å². The van der Waals surface area contributed by atoms with Crippen molar-refractivity contribution < 1.29 is 13.6 Å². The molecule has 0 atom stereocenters. The van der Waals surface area contributed by atoms with Gasteiger partial charge in [-0.2, -0.15) is 0 Å². The molecule has 0 aliphatic carbocycles. The number of aromatic nitrogens is 2. The molecule has 4 aromatic rings. The Morgan fingerprint density at radius 2 is 1.93 bits per heavy atom. The molecule has 0 fully saturated rings. The molecule has 6 nitrogen and oxygen atoms in total. The number of rotatable bonds is 4. The van der Waals surface area contributed by atoms with Crippen LogP contribution in [0.15, 0.2) is 64.1 Å². The lowest BCUT2D eigenvalue weighted by Crippen LogP contribution is -2.33. The van der Waals surface area contributed by atoms with Crippen molar-refractivity contribution in [2.24, 2.45) is 0 Å². The van der Waals surface area contributed by atoms with Crippen LogP contribution in [0.2, 0.25) is 0 Å². The molecule has 4 rings (SSSR count). The van der Waals surface area contributed by atoms with E-state index in [0.29, 0.717) is 17.6 Å². The Balaban J connectivity index is 1.58. The Kier molecular flexibility index (Phi) is 4.19. The molecule has 0 aliphatic rings. The Morgan fingerprint density at radius 1 is 1.19 bits per heavy atom. The molecule has 0 aliphatic heterocycles. The van der Waals surface area contributed by atoms with E-state index >= 15 is 0 Å². The van der Waals surface area contributed by atoms with E-state index in [4.69, 9.17) is 4.42 Å². The summed E-state index contributed by atoms with van der Waals surface area (Å²) in [4.78, 5) is 30.9. The molecule has 0 spiro atoms. The van der Waals surface area contributed by atoms with Gasteiger partial charge >= 0.3 is 0 Å². The van der Waals surface area contributed by atoms with E-state index in [1.54, 1.807) is 25.2 Å². The standard InChI is InChI=1S/C20H16FN3O3/c1-23(10-13-6-8-14(21)9-7-13)17(25)11-24-12-22-18-15-4-2-3-5-16(15)27-19(18)20(24)26/h2-9,12H,10-11H2,1H3. The normalized spacial score (nSPS) is 11.2. The van der Waals surface area contributed by atoms with Crippen molar-refractivity contribution in [1.82, 2.24) is 14.5 Å². The molecule has 7 heteroatoms. The number of likely N-dealkylation sites (N-methyl/N-ethyl adjacent to an activating group) is 1. The highest BCUT2D eigenvalue weighted by Crippen LogP contribution is 2.24. The number of fused-ring (bicyclic) bond motifs is 3. The summed E-state index contributed by atoms with van der Waals surface area (Å²) in [6, 6.07) is 13.2. The van der Waals surface area contributed by atoms with E-state index in [1.807, 2.05) is 18.2 Å². The van der Waals surface area contributed by atoms with Crippen LogP contribution in [0, 0.1) is 5.82 Å². The highest BCUT2D eigenvalue weighted by atomic mass is 19.1. The van der Waals surface area contributed by atoms with Crippen LogP contribution in [0.4, 0.5) is 4.39 Å². The van der Waals surface area contributed by atoms with Gasteiger partial charge in [0.05, 0.1) is 6.33 Å². The van der Waals surface area contributed by atoms with Crippen molar-refractivity contribution in [2.75, 3.05) is 7.05 Å². The summed E-state index contributed by atoms with van der Waals surface area (Å²) in [6.45, 7) is 0.157. The van der Waals surface area contributed by atoms with Crippen LogP contribution in [0.5, 0.6) is 0 Å². The van der Waals surface area contributed by atoms with E-state index in [9.17, 15) is 14.0 Å². The number of nitrogens with zero attached hydrogens (tertiary/aromatic N) is 3. The highest BCUT2D eigenvalue weighted by Gasteiger charge is 2.16. The maximum Gasteiger partial charge on any atom is 0.297 e. The lowest BCUT2D eigenvalue weighted by Gasteiger charge is -2.17. The average molecular weight is 365 g/mol. The van der Waals surface area contributed by atoms with Crippen LogP contribution in [0.3, 0.4) is 0 Å². The van der Waals surface area contributed by atoms with E-state index in [2.05, 4.69) is 4.98 Å². The highest BCUT2D eigenvalue weighted by molar-refractivity contribution is 6.01. The van der Waals surface area contributed by atoms with Gasteiger partial charge in [-0.3, -0.25) is 14.2 Å². The number of amides is 1. The summed E-state index contributed by atoms with van der Waals surface area (Å²) in [7, 11) is 1.63. The van der Waals surface area contributed by atoms with E-state index in [0.717, 1.165) is 10.9 Å². The minimum absolute atomic E-state index is 0.132. The zero-order valence-electron chi connectivity index (χ0n) is 14.6. The fourth-order valence-corrected chi connectivity index (χ4v) is 2.95. The second-order valence-electron chi connectivity index (χ2n) is 6.33. The molecule has 0 radical (unpaired) electrons. The fourth-order valence-electron chi connectivity index (χ4n) is 2.95. The molecule has 136 valence electrons. The summed E-state index contributed by atoms with van der Waals surface area (Å²) in [5, 5.41) is 0.761. The first-order valence-electron chi connectivity index (χ1n) is 8.38. The molecule has 2 aromatic carbocycles. The number of para-hydroxylation sites is 1. The first kappa shape index (κ1) is 17.0. The number of carbonyl (C=O) groups is 1. The van der Waals surface area contributed by atoms with Crippen LogP contribution in [0.1, 0.15) is 5.56 Å². The van der Waals surface area contributed by atoms with Gasteiger partial charge in [-0.1, -0.05) is 24.3 Å². The van der Waals surface area contributed by atoms with Crippen molar-refractivity contribution in [3.63, 3.8) is 0 Å². The van der Waals surface area contributed by atoms with Gasteiger partial charge in [0.1, 0.15) is 23.5 Å². The molecular weight excluding hydrogens is 349 g/mol. The van der Waals surface area contributed by atoms with Gasteiger partial charge in [-0.05, 0) is 29.8 Å². The van der Waals surface area contributed by atoms with Crippen molar-refractivity contribution >= 4 is 28.0 Å². The molecule has 27 heavy (non-hydrogen) atoms. The van der Waals surface area contributed by atoms with Gasteiger partial charge in [0.2, 0.25) is 11.5 Å². The van der Waals surface area contributed by atoms with Crippen molar-refractivity contribution in [1.29, 1.82) is 0 Å². The second kappa shape index (κ2) is 6.68. The van der Waals surface area contributed by atoms with Gasteiger partial charge in [0.25, 0.3) is 5.56 Å². The molecule has 1 amide bonds. The molecule has 0 bridgehead atoms. The summed E-state index contributed by atoms with van der Waals surface area (Å²) in [5.74, 6) is -0.594. The maximum atomic E-state index is 13.0. The predicted molar refractivity (Wildman–Crippen MR) is 98.6 cm³/mol. The van der Waals surface area contributed by atoms with Crippen molar-refractivity contribution in [2.45, 2.75) is 13.1 Å². The molecule has 0 unspecified atom stereocenters. The third kappa shape index (κ3) is 3.19. The quantitative estimate of drug-likeness (QED) is 0.558. The van der Waals surface area contributed by atoms with Gasteiger partial charge in [-0.15, -0.1) is 0 Å². The fraction of sp³-hybridized carbons (Fsp3) is 0.150. The first-order chi connectivity index (χ1) is 13.0. The summed E-state index contributed by atoms with van der Waals surface area (Å²) < 4.78 is 19.8. The number of benzene rings is 2. The van der Waals surface area contributed by atoms with Gasteiger partial charge in [-0.25, -0.2) is 9.37 Å². The number of carbonyl (C=O) groups excluding carboxylic acids is 1. The second-order valence-corrected chi connectivity index (χ2v) is 6.33. The minimum Gasteiger partial charge on any atom is -0.448 e. The Labute approximate surface area is 153 Å². The third-order valence-corrected chi connectivity index (χ3v) is 4.41. The smallest absolute Gasteiger partial charge is 0.297 e. The van der Waals surface area contributed by atoms with E-state index < -0.39 is 5.56 Å². The Hall–Kier alpha value is -3.48. The minimum atomic E-state index is -0.403. The largest absolute Gasteiger partial charge is 0.448 e. The van der Waals surface area contributed by atoms with E-state index in [-0.39, 0.29) is 23.9 Å². The first-order valence-corrected chi connectivity index (χ1v) is 8.38. The molecule has 0 N–H and O–H groups in total. The number of hydrogen-bond donors (Lipinski definition) is 0. The van der Waals surface area contributed by atoms with Crippen LogP contribution in [-0.4, -0.2) is 27.4 Å². The van der Waals surface area contributed by atoms with Crippen LogP contribution < -0.4 is 5.56 Å². The maximum absolute atomic E-state index is 13.0. The third-order valence-electron chi connectivity index (χ3n) is 4.41. The number of furan rings is 1. The number of halogens is 1. The predicted octanol–water partition coefficient (Wildman–Crippen LogP) is 2.94. The molecular formula is C20H16FN3O3. The van der Waals surface area contributed by atoms with E-state index in [1.165, 1.54) is 27.9 Å².